The smallest absolute Gasteiger partial charge is 0.420 e. The number of nitriles is 1. The highest BCUT2D eigenvalue weighted by Crippen LogP contribution is 2.40. The number of ether oxygens (including phenoxy) is 1. The van der Waals surface area contributed by atoms with Crippen molar-refractivity contribution in [2.24, 2.45) is 0 Å². The van der Waals surface area contributed by atoms with Gasteiger partial charge in [0.05, 0.1) is 22.1 Å². The molecule has 1 aliphatic rings. The van der Waals surface area contributed by atoms with Crippen LogP contribution in [0.3, 0.4) is 0 Å². The molecule has 0 aromatic heterocycles. The molecular formula is C19H10F3IN2O3S. The highest BCUT2D eigenvalue weighted by molar-refractivity contribution is 14.1. The highest BCUT2D eigenvalue weighted by atomic mass is 127. The molecule has 2 amide bonds. The average Bonchev–Trinajstić information content (AvgIpc) is 2.99. The number of rotatable bonds is 4. The molecule has 1 fully saturated rings. The van der Waals surface area contributed by atoms with E-state index in [9.17, 15) is 22.8 Å². The van der Waals surface area contributed by atoms with E-state index < -0.39 is 28.6 Å². The van der Waals surface area contributed by atoms with Crippen LogP contribution in [0.2, 0.25) is 0 Å². The van der Waals surface area contributed by atoms with Crippen LogP contribution in [-0.4, -0.2) is 11.1 Å². The molecule has 0 aliphatic carbocycles. The van der Waals surface area contributed by atoms with Crippen LogP contribution < -0.4 is 10.1 Å². The maximum absolute atomic E-state index is 13.3. The van der Waals surface area contributed by atoms with E-state index >= 15 is 0 Å². The fourth-order valence-electron chi connectivity index (χ4n) is 2.49. The van der Waals surface area contributed by atoms with Crippen LogP contribution in [0.5, 0.6) is 11.5 Å². The second-order valence-corrected chi connectivity index (χ2v) is 7.55. The fourth-order valence-corrected chi connectivity index (χ4v) is 3.77. The van der Waals surface area contributed by atoms with E-state index in [1.165, 1.54) is 18.2 Å². The molecule has 29 heavy (non-hydrogen) atoms. The lowest BCUT2D eigenvalue weighted by Gasteiger charge is -2.16. The van der Waals surface area contributed by atoms with Gasteiger partial charge in [-0.1, -0.05) is 28.7 Å². The SMILES string of the molecule is N#Cc1ccc(Oc2ccc(/C=C3\SC(=O)NC3=O)cc2CI)c(C(F)(F)F)c1. The summed E-state index contributed by atoms with van der Waals surface area (Å²) in [5.41, 5.74) is 0.0433. The summed E-state index contributed by atoms with van der Waals surface area (Å²) in [6.45, 7) is 0. The second kappa shape index (κ2) is 8.46. The van der Waals surface area contributed by atoms with Gasteiger partial charge in [0.15, 0.2) is 0 Å². The Balaban J connectivity index is 1.95. The van der Waals surface area contributed by atoms with Crippen molar-refractivity contribution in [3.63, 3.8) is 0 Å². The zero-order valence-corrected chi connectivity index (χ0v) is 17.3. The summed E-state index contributed by atoms with van der Waals surface area (Å²) in [6.07, 6.45) is -3.16. The number of hydrogen-bond acceptors (Lipinski definition) is 5. The first-order valence-corrected chi connectivity index (χ1v) is 10.3. The van der Waals surface area contributed by atoms with Gasteiger partial charge in [-0.25, -0.2) is 0 Å². The van der Waals surface area contributed by atoms with Crippen LogP contribution in [0, 0.1) is 11.3 Å². The third kappa shape index (κ3) is 4.91. The first kappa shape index (κ1) is 21.2. The van der Waals surface area contributed by atoms with Gasteiger partial charge >= 0.3 is 6.18 Å². The van der Waals surface area contributed by atoms with Gasteiger partial charge in [-0.2, -0.15) is 18.4 Å². The average molecular weight is 530 g/mol. The minimum absolute atomic E-state index is 0.123. The van der Waals surface area contributed by atoms with Crippen molar-refractivity contribution in [2.45, 2.75) is 10.6 Å². The zero-order valence-electron chi connectivity index (χ0n) is 14.3. The quantitative estimate of drug-likeness (QED) is 0.315. The Morgan fingerprint density at radius 2 is 1.90 bits per heavy atom. The molecule has 2 aromatic carbocycles. The van der Waals surface area contributed by atoms with E-state index in [1.807, 2.05) is 22.6 Å². The Bertz CT molecular complexity index is 1080. The maximum atomic E-state index is 13.3. The van der Waals surface area contributed by atoms with Crippen molar-refractivity contribution >= 4 is 51.6 Å². The molecule has 2 aromatic rings. The second-order valence-electron chi connectivity index (χ2n) is 5.78. The van der Waals surface area contributed by atoms with Crippen molar-refractivity contribution in [1.29, 1.82) is 5.26 Å². The van der Waals surface area contributed by atoms with Gasteiger partial charge in [-0.3, -0.25) is 14.9 Å². The third-order valence-corrected chi connectivity index (χ3v) is 5.43. The molecule has 148 valence electrons. The number of carbonyl (C=O) groups is 2. The topological polar surface area (TPSA) is 79.2 Å². The standard InChI is InChI=1S/C19H10F3IN2O3S/c20-19(21,22)13-6-11(9-24)2-4-15(13)28-14-3-1-10(5-12(14)8-23)7-16-17(26)25-18(27)29-16/h1-7H,8H2,(H,25,26,27)/b16-7-. The molecule has 0 saturated carbocycles. The number of carbonyl (C=O) groups excluding carboxylic acids is 2. The molecule has 1 N–H and O–H groups in total. The van der Waals surface area contributed by atoms with Gasteiger partial charge in [0.2, 0.25) is 0 Å². The molecule has 0 unspecified atom stereocenters. The Labute approximate surface area is 181 Å². The van der Waals surface area contributed by atoms with Crippen LogP contribution in [-0.2, 0) is 15.4 Å². The van der Waals surface area contributed by atoms with Crippen molar-refractivity contribution < 1.29 is 27.5 Å². The number of halogens is 4. The van der Waals surface area contributed by atoms with E-state index in [2.05, 4.69) is 5.32 Å². The number of nitrogens with zero attached hydrogens (tertiary/aromatic N) is 1. The fraction of sp³-hybridized carbons (Fsp3) is 0.105. The van der Waals surface area contributed by atoms with E-state index in [0.717, 1.165) is 23.9 Å². The van der Waals surface area contributed by atoms with Crippen molar-refractivity contribution in [2.75, 3.05) is 0 Å². The van der Waals surface area contributed by atoms with Gasteiger partial charge in [0.25, 0.3) is 11.1 Å². The van der Waals surface area contributed by atoms with Crippen LogP contribution >= 0.6 is 34.4 Å². The van der Waals surface area contributed by atoms with E-state index in [1.54, 1.807) is 18.2 Å². The summed E-state index contributed by atoms with van der Waals surface area (Å²) < 4.78 is 46.0. The minimum Gasteiger partial charge on any atom is -0.456 e. The molecule has 0 bridgehead atoms. The first-order chi connectivity index (χ1) is 13.7. The lowest BCUT2D eigenvalue weighted by atomic mass is 10.1. The third-order valence-electron chi connectivity index (χ3n) is 3.80. The van der Waals surface area contributed by atoms with Crippen LogP contribution in [0.4, 0.5) is 18.0 Å². The Morgan fingerprint density at radius 1 is 1.17 bits per heavy atom. The van der Waals surface area contributed by atoms with Gasteiger partial charge in [-0.05, 0) is 53.7 Å². The number of imide groups is 1. The molecule has 1 aliphatic heterocycles. The maximum Gasteiger partial charge on any atom is 0.420 e. The van der Waals surface area contributed by atoms with Crippen molar-refractivity contribution in [3.05, 3.63) is 63.6 Å². The summed E-state index contributed by atoms with van der Waals surface area (Å²) in [7, 11) is 0. The van der Waals surface area contributed by atoms with Crippen LogP contribution in [0.1, 0.15) is 22.3 Å². The zero-order chi connectivity index (χ0) is 21.2. The molecule has 5 nitrogen and oxygen atoms in total. The molecule has 1 heterocycles. The first-order valence-electron chi connectivity index (χ1n) is 7.94. The van der Waals surface area contributed by atoms with Gasteiger partial charge < -0.3 is 4.74 Å². The summed E-state index contributed by atoms with van der Waals surface area (Å²) >= 11 is 2.82. The van der Waals surface area contributed by atoms with E-state index in [4.69, 9.17) is 10.00 Å². The molecule has 0 atom stereocenters. The summed E-state index contributed by atoms with van der Waals surface area (Å²) in [5.74, 6) is -0.690. The molecular weight excluding hydrogens is 520 g/mol. The summed E-state index contributed by atoms with van der Waals surface area (Å²) in [6, 6.07) is 9.52. The Kier molecular flexibility index (Phi) is 6.18. The lowest BCUT2D eigenvalue weighted by molar-refractivity contribution is -0.138. The number of amides is 2. The molecule has 0 spiro atoms. The number of nitrogens with one attached hydrogen (secondary N) is 1. The van der Waals surface area contributed by atoms with Gasteiger partial charge in [0, 0.05) is 9.99 Å². The van der Waals surface area contributed by atoms with Crippen LogP contribution in [0.15, 0.2) is 41.3 Å². The van der Waals surface area contributed by atoms with Crippen molar-refractivity contribution in [1.82, 2.24) is 5.32 Å². The van der Waals surface area contributed by atoms with E-state index in [0.29, 0.717) is 15.6 Å². The van der Waals surface area contributed by atoms with Crippen molar-refractivity contribution in [3.8, 4) is 17.6 Å². The number of benzene rings is 2. The number of hydrogen-bond donors (Lipinski definition) is 1. The summed E-state index contributed by atoms with van der Waals surface area (Å²) in [4.78, 5) is 23.1. The molecule has 10 heteroatoms. The highest BCUT2D eigenvalue weighted by Gasteiger charge is 2.35. The molecule has 3 rings (SSSR count). The molecule has 1 saturated heterocycles. The monoisotopic (exact) mass is 530 g/mol. The van der Waals surface area contributed by atoms with Gasteiger partial charge in [-0.15, -0.1) is 0 Å². The van der Waals surface area contributed by atoms with Crippen LogP contribution in [0.25, 0.3) is 6.08 Å². The normalized spacial score (nSPS) is 15.3. The predicted octanol–water partition coefficient (Wildman–Crippen LogP) is 5.63. The van der Waals surface area contributed by atoms with E-state index in [-0.39, 0.29) is 16.2 Å². The number of thioether (sulfide) groups is 1. The summed E-state index contributed by atoms with van der Waals surface area (Å²) in [5, 5.41) is 10.5. The largest absolute Gasteiger partial charge is 0.456 e. The number of alkyl halides is 4. The Morgan fingerprint density at radius 3 is 2.48 bits per heavy atom. The molecule has 0 radical (unpaired) electrons. The van der Waals surface area contributed by atoms with Gasteiger partial charge in [0.1, 0.15) is 11.5 Å². The minimum atomic E-state index is -4.68. The lowest BCUT2D eigenvalue weighted by Crippen LogP contribution is -2.17. The Hall–Kier alpha value is -2.52. The predicted molar refractivity (Wildman–Crippen MR) is 110 cm³/mol.